The van der Waals surface area contributed by atoms with Crippen LogP contribution in [0.3, 0.4) is 0 Å². The van der Waals surface area contributed by atoms with Crippen LogP contribution in [0.1, 0.15) is 79.7 Å². The van der Waals surface area contributed by atoms with Crippen LogP contribution in [-0.2, 0) is 35.0 Å². The zero-order valence-corrected chi connectivity index (χ0v) is 26.4. The lowest BCUT2D eigenvalue weighted by molar-refractivity contribution is -0.152. The molecule has 0 radical (unpaired) electrons. The van der Waals surface area contributed by atoms with Gasteiger partial charge in [-0.15, -0.1) is 0 Å². The van der Waals surface area contributed by atoms with Crippen LogP contribution in [0.25, 0.3) is 0 Å². The van der Waals surface area contributed by atoms with E-state index in [1.54, 1.807) is 13.0 Å². The van der Waals surface area contributed by atoms with Crippen molar-refractivity contribution in [3.8, 4) is 11.5 Å². The molecule has 0 heterocycles. The van der Waals surface area contributed by atoms with Crippen LogP contribution in [0.15, 0.2) is 18.2 Å². The van der Waals surface area contributed by atoms with Gasteiger partial charge in [0.15, 0.2) is 11.5 Å². The van der Waals surface area contributed by atoms with Crippen LogP contribution >= 0.6 is 0 Å². The van der Waals surface area contributed by atoms with E-state index in [2.05, 4.69) is 5.32 Å². The summed E-state index contributed by atoms with van der Waals surface area (Å²) in [5.74, 6) is -0.477. The van der Waals surface area contributed by atoms with Crippen LogP contribution in [0.4, 0.5) is 9.59 Å². The van der Waals surface area contributed by atoms with E-state index in [4.69, 9.17) is 28.4 Å². The Morgan fingerprint density at radius 3 is 1.88 bits per heavy atom. The fraction of sp³-hybridized carbons (Fsp3) is 0.677. The summed E-state index contributed by atoms with van der Waals surface area (Å²) in [5.41, 5.74) is 0.574. The Bertz CT molecular complexity index is 994. The molecule has 0 aliphatic heterocycles. The van der Waals surface area contributed by atoms with Crippen LogP contribution in [0.2, 0.25) is 0 Å². The Kier molecular flexibility index (Phi) is 17.2. The Labute approximate surface area is 249 Å². The first-order valence-electron chi connectivity index (χ1n) is 14.7. The molecule has 0 amide bonds. The number of nitrogens with one attached hydrogen (secondary N) is 1. The van der Waals surface area contributed by atoms with Gasteiger partial charge >= 0.3 is 24.2 Å². The van der Waals surface area contributed by atoms with Gasteiger partial charge in [-0.3, -0.25) is 9.59 Å². The standard InChI is InChI=1S/C31H49NO10/c1-9-10-22(6)28(33)40-23(7)19-32-25(29(34)37-8)17-24-11-12-26(41-30(35)38-15-13-20(2)3)27(18-24)42-31(36)39-16-14-21(4)5/h11-12,18,20-23,25,32H,9-10,13-17,19H2,1-8H3/t22?,23?,25-/m0/s1. The fourth-order valence-corrected chi connectivity index (χ4v) is 3.67. The number of hydrogen-bond acceptors (Lipinski definition) is 11. The van der Waals surface area contributed by atoms with E-state index in [0.717, 1.165) is 12.8 Å². The Hall–Kier alpha value is -3.34. The van der Waals surface area contributed by atoms with Crippen molar-refractivity contribution < 1.29 is 47.6 Å². The predicted octanol–water partition coefficient (Wildman–Crippen LogP) is 5.85. The molecule has 1 N–H and O–H groups in total. The van der Waals surface area contributed by atoms with Crippen molar-refractivity contribution in [1.82, 2.24) is 5.32 Å². The maximum absolute atomic E-state index is 12.6. The molecule has 0 aliphatic carbocycles. The summed E-state index contributed by atoms with van der Waals surface area (Å²) >= 11 is 0. The number of ether oxygens (including phenoxy) is 6. The van der Waals surface area contributed by atoms with Crippen molar-refractivity contribution in [3.05, 3.63) is 23.8 Å². The Morgan fingerprint density at radius 2 is 1.36 bits per heavy atom. The maximum atomic E-state index is 12.6. The lowest BCUT2D eigenvalue weighted by atomic mass is 10.0. The van der Waals surface area contributed by atoms with Gasteiger partial charge < -0.3 is 33.7 Å². The molecule has 1 aromatic rings. The summed E-state index contributed by atoms with van der Waals surface area (Å²) in [6.45, 7) is 14.1. The number of carbonyl (C=O) groups is 4. The van der Waals surface area contributed by atoms with Gasteiger partial charge in [-0.1, -0.05) is 54.0 Å². The second kappa shape index (κ2) is 19.7. The zero-order valence-electron chi connectivity index (χ0n) is 26.4. The molecule has 0 saturated carbocycles. The highest BCUT2D eigenvalue weighted by molar-refractivity contribution is 5.76. The molecule has 0 fully saturated rings. The van der Waals surface area contributed by atoms with Crippen LogP contribution < -0.4 is 14.8 Å². The molecule has 42 heavy (non-hydrogen) atoms. The highest BCUT2D eigenvalue weighted by Crippen LogP contribution is 2.30. The Morgan fingerprint density at radius 1 is 0.786 bits per heavy atom. The van der Waals surface area contributed by atoms with Gasteiger partial charge in [0.2, 0.25) is 0 Å². The molecule has 1 rings (SSSR count). The molecular formula is C31H49NO10. The summed E-state index contributed by atoms with van der Waals surface area (Å²) in [6, 6.07) is 3.75. The maximum Gasteiger partial charge on any atom is 0.513 e. The van der Waals surface area contributed by atoms with Crippen LogP contribution in [0.5, 0.6) is 11.5 Å². The number of carbonyl (C=O) groups excluding carboxylic acids is 4. The van der Waals surface area contributed by atoms with Gasteiger partial charge in [0, 0.05) is 6.54 Å². The van der Waals surface area contributed by atoms with Crippen molar-refractivity contribution in [1.29, 1.82) is 0 Å². The van der Waals surface area contributed by atoms with E-state index in [1.165, 1.54) is 19.2 Å². The van der Waals surface area contributed by atoms with E-state index < -0.39 is 30.4 Å². The van der Waals surface area contributed by atoms with Crippen molar-refractivity contribution in [3.63, 3.8) is 0 Å². The summed E-state index contributed by atoms with van der Waals surface area (Å²) in [6.07, 6.45) is 0.675. The highest BCUT2D eigenvalue weighted by Gasteiger charge is 2.24. The molecule has 238 valence electrons. The minimum Gasteiger partial charge on any atom is -0.468 e. The van der Waals surface area contributed by atoms with E-state index in [1.807, 2.05) is 41.5 Å². The second-order valence-corrected chi connectivity index (χ2v) is 11.2. The average molecular weight is 596 g/mol. The van der Waals surface area contributed by atoms with E-state index in [-0.39, 0.29) is 49.6 Å². The molecule has 1 aromatic carbocycles. The van der Waals surface area contributed by atoms with Crippen molar-refractivity contribution in [2.75, 3.05) is 26.9 Å². The molecule has 0 bridgehead atoms. The number of methoxy groups -OCH3 is 1. The van der Waals surface area contributed by atoms with Gasteiger partial charge in [0.25, 0.3) is 0 Å². The smallest absolute Gasteiger partial charge is 0.468 e. The number of esters is 2. The lowest BCUT2D eigenvalue weighted by Gasteiger charge is -2.21. The van der Waals surface area contributed by atoms with Crippen LogP contribution in [0, 0.1) is 17.8 Å². The first kappa shape index (κ1) is 36.7. The molecule has 11 nitrogen and oxygen atoms in total. The monoisotopic (exact) mass is 595 g/mol. The molecule has 3 atom stereocenters. The number of hydrogen-bond donors (Lipinski definition) is 1. The molecule has 11 heteroatoms. The Balaban J connectivity index is 3.03. The van der Waals surface area contributed by atoms with Gasteiger partial charge in [0.05, 0.1) is 26.2 Å². The summed E-state index contributed by atoms with van der Waals surface area (Å²) in [7, 11) is 1.27. The third kappa shape index (κ3) is 15.0. The highest BCUT2D eigenvalue weighted by atomic mass is 16.7. The topological polar surface area (TPSA) is 136 Å². The van der Waals surface area contributed by atoms with E-state index >= 15 is 0 Å². The summed E-state index contributed by atoms with van der Waals surface area (Å²) in [5, 5.41) is 3.08. The largest absolute Gasteiger partial charge is 0.513 e. The van der Waals surface area contributed by atoms with Crippen molar-refractivity contribution in [2.45, 2.75) is 92.7 Å². The lowest BCUT2D eigenvalue weighted by Crippen LogP contribution is -2.43. The SMILES string of the molecule is CCCC(C)C(=O)OC(C)CN[C@@H](Cc1ccc(OC(=O)OCCC(C)C)c(OC(=O)OCCC(C)C)c1)C(=O)OC. The number of rotatable bonds is 18. The van der Waals surface area contributed by atoms with Gasteiger partial charge in [-0.25, -0.2) is 9.59 Å². The third-order valence-corrected chi connectivity index (χ3v) is 6.24. The van der Waals surface area contributed by atoms with Crippen molar-refractivity contribution >= 4 is 24.2 Å². The molecular weight excluding hydrogens is 546 g/mol. The first-order valence-corrected chi connectivity index (χ1v) is 14.7. The van der Waals surface area contributed by atoms with E-state index in [0.29, 0.717) is 30.2 Å². The van der Waals surface area contributed by atoms with Crippen LogP contribution in [-0.4, -0.2) is 63.3 Å². The first-order chi connectivity index (χ1) is 19.9. The third-order valence-electron chi connectivity index (χ3n) is 6.24. The van der Waals surface area contributed by atoms with Gasteiger partial charge in [0.1, 0.15) is 12.1 Å². The summed E-state index contributed by atoms with van der Waals surface area (Å²) < 4.78 is 31.4. The molecule has 0 spiro atoms. The zero-order chi connectivity index (χ0) is 31.7. The molecule has 0 saturated heterocycles. The van der Waals surface area contributed by atoms with Gasteiger partial charge in [-0.05, 0) is 62.1 Å². The molecule has 2 unspecified atom stereocenters. The van der Waals surface area contributed by atoms with E-state index in [9.17, 15) is 19.2 Å². The second-order valence-electron chi connectivity index (χ2n) is 11.2. The minimum absolute atomic E-state index is 0.0431. The molecule has 0 aromatic heterocycles. The molecule has 0 aliphatic rings. The van der Waals surface area contributed by atoms with Gasteiger partial charge in [-0.2, -0.15) is 0 Å². The average Bonchev–Trinajstić information content (AvgIpc) is 2.91. The quantitative estimate of drug-likeness (QED) is 0.124. The summed E-state index contributed by atoms with van der Waals surface area (Å²) in [4.78, 5) is 49.4. The predicted molar refractivity (Wildman–Crippen MR) is 156 cm³/mol. The van der Waals surface area contributed by atoms with Crippen molar-refractivity contribution in [2.24, 2.45) is 17.8 Å². The number of benzene rings is 1. The normalized spacial score (nSPS) is 13.2. The minimum atomic E-state index is -0.957. The fourth-order valence-electron chi connectivity index (χ4n) is 3.67.